The third kappa shape index (κ3) is 10.4. The van der Waals surface area contributed by atoms with Crippen LogP contribution in [0.25, 0.3) is 32.2 Å². The van der Waals surface area contributed by atoms with Crippen LogP contribution < -0.4 is 15.0 Å². The van der Waals surface area contributed by atoms with Crippen LogP contribution in [0.5, 0.6) is 6.01 Å². The number of halogens is 3. The number of hydrogen-bond donors (Lipinski definition) is 1. The average molecular weight is 900 g/mol. The SMILES string of the molecule is COC(=O)CCCCCCN1CCCC1COc1nc(N2C3CCC2CN(C(=O)OC(C)(C)C)C3)c2cc(Cl)c(-c3ccc(F)c4sc(NC(=O)OC(C)(C)C)nc34)c(F)c2n1. The van der Waals surface area contributed by atoms with Gasteiger partial charge in [0, 0.05) is 54.1 Å². The van der Waals surface area contributed by atoms with Crippen molar-refractivity contribution in [1.29, 1.82) is 0 Å². The normalized spacial score (nSPS) is 19.4. The van der Waals surface area contributed by atoms with E-state index in [1.54, 1.807) is 31.7 Å². The van der Waals surface area contributed by atoms with E-state index >= 15 is 8.78 Å². The van der Waals surface area contributed by atoms with Crippen LogP contribution >= 0.6 is 22.9 Å². The first-order valence-corrected chi connectivity index (χ1v) is 22.6. The number of ether oxygens (including phenoxy) is 4. The largest absolute Gasteiger partial charge is 0.469 e. The molecule has 3 aliphatic heterocycles. The second-order valence-electron chi connectivity index (χ2n) is 18.3. The van der Waals surface area contributed by atoms with E-state index in [2.05, 4.69) is 20.1 Å². The molecule has 5 heterocycles. The maximum Gasteiger partial charge on any atom is 0.413 e. The van der Waals surface area contributed by atoms with Crippen molar-refractivity contribution in [3.8, 4) is 17.1 Å². The van der Waals surface area contributed by atoms with Crippen LogP contribution in [0.4, 0.5) is 29.3 Å². The molecule has 0 spiro atoms. The number of anilines is 2. The van der Waals surface area contributed by atoms with E-state index in [4.69, 9.17) is 40.5 Å². The molecule has 336 valence electrons. The number of thiazole rings is 1. The van der Waals surface area contributed by atoms with Crippen LogP contribution in [-0.4, -0.2) is 112 Å². The van der Waals surface area contributed by atoms with Gasteiger partial charge in [-0.3, -0.25) is 15.0 Å². The number of nitrogens with zero attached hydrogens (tertiary/aromatic N) is 6. The number of likely N-dealkylation sites (tertiary alicyclic amines) is 2. The molecule has 3 fully saturated rings. The minimum absolute atomic E-state index is 0.00469. The molecule has 7 rings (SSSR count). The van der Waals surface area contributed by atoms with E-state index in [9.17, 15) is 14.4 Å². The lowest BCUT2D eigenvalue weighted by Crippen LogP contribution is -2.56. The number of amides is 2. The van der Waals surface area contributed by atoms with Gasteiger partial charge in [0.2, 0.25) is 0 Å². The predicted octanol–water partition coefficient (Wildman–Crippen LogP) is 9.74. The van der Waals surface area contributed by atoms with Gasteiger partial charge in [-0.25, -0.2) is 23.4 Å². The Morgan fingerprint density at radius 1 is 0.919 bits per heavy atom. The van der Waals surface area contributed by atoms with Crippen molar-refractivity contribution in [2.45, 2.75) is 129 Å². The Kier molecular flexibility index (Phi) is 13.6. The van der Waals surface area contributed by atoms with Crippen molar-refractivity contribution in [1.82, 2.24) is 24.8 Å². The molecular formula is C44H56ClF2N7O7S. The number of hydrogen-bond acceptors (Lipinski definition) is 13. The topological polar surface area (TPSA) is 149 Å². The van der Waals surface area contributed by atoms with E-state index in [-0.39, 0.29) is 73.2 Å². The van der Waals surface area contributed by atoms with Crippen LogP contribution in [0.3, 0.4) is 0 Å². The Bertz CT molecular complexity index is 2310. The number of carbonyl (C=O) groups excluding carboxylic acids is 3. The molecule has 2 aromatic carbocycles. The van der Waals surface area contributed by atoms with Crippen molar-refractivity contribution in [3.05, 3.63) is 34.9 Å². The molecule has 1 N–H and O–H groups in total. The summed E-state index contributed by atoms with van der Waals surface area (Å²) in [4.78, 5) is 57.7. The van der Waals surface area contributed by atoms with Gasteiger partial charge < -0.3 is 28.7 Å². The number of carbonyl (C=O) groups is 3. The molecule has 0 saturated carbocycles. The fraction of sp³-hybridized carbons (Fsp3) is 0.591. The van der Waals surface area contributed by atoms with Gasteiger partial charge in [0.1, 0.15) is 35.0 Å². The molecule has 62 heavy (non-hydrogen) atoms. The molecule has 2 amide bonds. The first-order chi connectivity index (χ1) is 29.4. The summed E-state index contributed by atoms with van der Waals surface area (Å²) in [6.45, 7) is 13.5. The van der Waals surface area contributed by atoms with Gasteiger partial charge in [-0.1, -0.05) is 35.8 Å². The number of unbranched alkanes of at least 4 members (excludes halogenated alkanes) is 3. The van der Waals surface area contributed by atoms with E-state index in [1.165, 1.54) is 19.2 Å². The first-order valence-electron chi connectivity index (χ1n) is 21.4. The Labute approximate surface area is 369 Å². The van der Waals surface area contributed by atoms with Crippen molar-refractivity contribution in [2.24, 2.45) is 0 Å². The molecular weight excluding hydrogens is 844 g/mol. The van der Waals surface area contributed by atoms with E-state index in [0.717, 1.165) is 75.8 Å². The summed E-state index contributed by atoms with van der Waals surface area (Å²) < 4.78 is 55.1. The van der Waals surface area contributed by atoms with Crippen LogP contribution in [0.15, 0.2) is 18.2 Å². The fourth-order valence-corrected chi connectivity index (χ4v) is 9.78. The molecule has 14 nitrogen and oxygen atoms in total. The third-order valence-corrected chi connectivity index (χ3v) is 12.6. The zero-order valence-corrected chi connectivity index (χ0v) is 38.0. The summed E-state index contributed by atoms with van der Waals surface area (Å²) in [6.07, 6.45) is 6.48. The molecule has 0 radical (unpaired) electrons. The maximum absolute atomic E-state index is 17.4. The molecule has 18 heteroatoms. The summed E-state index contributed by atoms with van der Waals surface area (Å²) in [5.41, 5.74) is -1.19. The summed E-state index contributed by atoms with van der Waals surface area (Å²) in [5.74, 6) is -1.11. The van der Waals surface area contributed by atoms with Crippen LogP contribution in [-0.2, 0) is 19.0 Å². The van der Waals surface area contributed by atoms with Gasteiger partial charge in [0.25, 0.3) is 0 Å². The number of rotatable bonds is 13. The first kappa shape index (κ1) is 45.4. The zero-order valence-electron chi connectivity index (χ0n) is 36.4. The van der Waals surface area contributed by atoms with Crippen molar-refractivity contribution in [2.75, 3.05) is 50.1 Å². The molecule has 2 aromatic heterocycles. The highest BCUT2D eigenvalue weighted by atomic mass is 35.5. The molecule has 0 aliphatic carbocycles. The van der Waals surface area contributed by atoms with Gasteiger partial charge in [-0.15, -0.1) is 0 Å². The third-order valence-electron chi connectivity index (χ3n) is 11.3. The minimum Gasteiger partial charge on any atom is -0.469 e. The van der Waals surface area contributed by atoms with Crippen molar-refractivity contribution >= 4 is 73.2 Å². The Morgan fingerprint density at radius 2 is 1.63 bits per heavy atom. The lowest BCUT2D eigenvalue weighted by atomic mass is 10.0. The molecule has 3 aliphatic rings. The quantitative estimate of drug-likeness (QED) is 0.0774. The summed E-state index contributed by atoms with van der Waals surface area (Å²) in [6, 6.07) is 4.07. The summed E-state index contributed by atoms with van der Waals surface area (Å²) in [7, 11) is 1.41. The van der Waals surface area contributed by atoms with E-state index < -0.39 is 28.9 Å². The van der Waals surface area contributed by atoms with Crippen LogP contribution in [0.2, 0.25) is 5.02 Å². The second kappa shape index (κ2) is 18.6. The second-order valence-corrected chi connectivity index (χ2v) is 19.7. The number of methoxy groups -OCH3 is 1. The van der Waals surface area contributed by atoms with Gasteiger partial charge in [-0.05, 0) is 111 Å². The molecule has 2 bridgehead atoms. The molecule has 4 aromatic rings. The van der Waals surface area contributed by atoms with Crippen LogP contribution in [0, 0.1) is 11.6 Å². The van der Waals surface area contributed by atoms with Gasteiger partial charge in [-0.2, -0.15) is 9.97 Å². The summed E-state index contributed by atoms with van der Waals surface area (Å²) in [5, 5.41) is 3.03. The van der Waals surface area contributed by atoms with Crippen molar-refractivity contribution < 1.29 is 42.1 Å². The number of nitrogens with one attached hydrogen (secondary N) is 1. The standard InChI is InChI=1S/C44H56ClF2N7O7S/c1-43(2,3)60-41(56)51-40-49-36-28(17-18-31(46)37(36)62-40)33-30(45)21-29-35(34(33)47)48-39(59-24-27-13-12-20-52(27)19-11-9-8-10-14-32(55)58-7)50-38(29)54-25-15-16-26(54)23-53(22-25)42(57)61-44(4,5)6/h17-18,21,25-27H,8-16,19-20,22-24H2,1-7H3,(H,49,51,56). The molecule has 3 atom stereocenters. The zero-order chi connectivity index (χ0) is 44.5. The summed E-state index contributed by atoms with van der Waals surface area (Å²) >= 11 is 7.91. The van der Waals surface area contributed by atoms with E-state index in [1.807, 2.05) is 20.8 Å². The molecule has 3 unspecified atom stereocenters. The number of benzene rings is 2. The highest BCUT2D eigenvalue weighted by Crippen LogP contribution is 2.45. The van der Waals surface area contributed by atoms with Gasteiger partial charge in [0.15, 0.2) is 10.9 Å². The van der Waals surface area contributed by atoms with E-state index in [0.29, 0.717) is 37.3 Å². The Balaban J connectivity index is 1.21. The Morgan fingerprint density at radius 3 is 2.32 bits per heavy atom. The highest BCUT2D eigenvalue weighted by molar-refractivity contribution is 7.22. The number of esters is 1. The molecule has 3 saturated heterocycles. The average Bonchev–Trinajstić information content (AvgIpc) is 3.90. The van der Waals surface area contributed by atoms with Crippen molar-refractivity contribution in [3.63, 3.8) is 0 Å². The lowest BCUT2D eigenvalue weighted by molar-refractivity contribution is -0.140. The van der Waals surface area contributed by atoms with Gasteiger partial charge in [0.05, 0.1) is 22.3 Å². The minimum atomic E-state index is -0.779. The highest BCUT2D eigenvalue weighted by Gasteiger charge is 2.44. The van der Waals surface area contributed by atoms with Gasteiger partial charge >= 0.3 is 24.2 Å². The monoisotopic (exact) mass is 899 g/mol. The maximum atomic E-state index is 17.4. The lowest BCUT2D eigenvalue weighted by Gasteiger charge is -2.42. The number of fused-ring (bicyclic) bond motifs is 4. The number of piperazine rings is 1. The fourth-order valence-electron chi connectivity index (χ4n) is 8.60. The van der Waals surface area contributed by atoms with Crippen LogP contribution in [0.1, 0.15) is 99.3 Å². The predicted molar refractivity (Wildman–Crippen MR) is 235 cm³/mol. The smallest absolute Gasteiger partial charge is 0.413 e. The Hall–Kier alpha value is -4.61. The number of aromatic nitrogens is 3.